The fourth-order valence-corrected chi connectivity index (χ4v) is 4.22. The lowest BCUT2D eigenvalue weighted by Gasteiger charge is -2.37. The molecule has 0 amide bonds. The lowest BCUT2D eigenvalue weighted by molar-refractivity contribution is 0.177. The molecule has 2 rings (SSSR count). The first-order chi connectivity index (χ1) is 9.65. The van der Waals surface area contributed by atoms with Crippen LogP contribution in [-0.4, -0.2) is 6.54 Å². The molecule has 112 valence electrons. The zero-order chi connectivity index (χ0) is 14.5. The van der Waals surface area contributed by atoms with Gasteiger partial charge in [-0.15, -0.1) is 0 Å². The van der Waals surface area contributed by atoms with E-state index in [-0.39, 0.29) is 0 Å². The van der Waals surface area contributed by atoms with Crippen LogP contribution in [-0.2, 0) is 0 Å². The molecule has 3 unspecified atom stereocenters. The predicted octanol–water partition coefficient (Wildman–Crippen LogP) is 5.86. The van der Waals surface area contributed by atoms with E-state index < -0.39 is 0 Å². The summed E-state index contributed by atoms with van der Waals surface area (Å²) in [5.74, 6) is 1.51. The van der Waals surface area contributed by atoms with Gasteiger partial charge in [0.1, 0.15) is 0 Å². The van der Waals surface area contributed by atoms with Crippen molar-refractivity contribution >= 4 is 23.2 Å². The fraction of sp³-hybridized carbons (Fsp3) is 0.647. The molecule has 1 N–H and O–H groups in total. The Labute approximate surface area is 133 Å². The molecule has 1 fully saturated rings. The molecule has 0 aromatic heterocycles. The SMILES string of the molecule is CCNC(c1cc(Cl)cc(Cl)c1)C1CCCCC1CC. The predicted molar refractivity (Wildman–Crippen MR) is 88.6 cm³/mol. The molecule has 1 nitrogen and oxygen atoms in total. The van der Waals surface area contributed by atoms with Gasteiger partial charge in [-0.3, -0.25) is 0 Å². The summed E-state index contributed by atoms with van der Waals surface area (Å²) in [7, 11) is 0. The van der Waals surface area contributed by atoms with Crippen molar-refractivity contribution in [1.29, 1.82) is 0 Å². The summed E-state index contributed by atoms with van der Waals surface area (Å²) in [6.45, 7) is 5.46. The van der Waals surface area contributed by atoms with Crippen molar-refractivity contribution in [3.63, 3.8) is 0 Å². The Hall–Kier alpha value is -0.240. The van der Waals surface area contributed by atoms with Crippen molar-refractivity contribution in [2.24, 2.45) is 11.8 Å². The summed E-state index contributed by atoms with van der Waals surface area (Å²) < 4.78 is 0. The van der Waals surface area contributed by atoms with Gasteiger partial charge in [0.25, 0.3) is 0 Å². The van der Waals surface area contributed by atoms with Crippen LogP contribution in [0.5, 0.6) is 0 Å². The lowest BCUT2D eigenvalue weighted by atomic mass is 9.72. The molecule has 1 aliphatic rings. The summed E-state index contributed by atoms with van der Waals surface area (Å²) in [6, 6.07) is 6.33. The van der Waals surface area contributed by atoms with Gasteiger partial charge < -0.3 is 5.32 Å². The van der Waals surface area contributed by atoms with Crippen LogP contribution in [0.25, 0.3) is 0 Å². The Morgan fingerprint density at radius 1 is 1.10 bits per heavy atom. The minimum absolute atomic E-state index is 0.376. The molecular weight excluding hydrogens is 289 g/mol. The van der Waals surface area contributed by atoms with Crippen molar-refractivity contribution in [3.8, 4) is 0 Å². The van der Waals surface area contributed by atoms with Crippen molar-refractivity contribution < 1.29 is 0 Å². The molecule has 1 aromatic carbocycles. The minimum atomic E-state index is 0.376. The van der Waals surface area contributed by atoms with E-state index >= 15 is 0 Å². The van der Waals surface area contributed by atoms with Crippen molar-refractivity contribution in [3.05, 3.63) is 33.8 Å². The van der Waals surface area contributed by atoms with Gasteiger partial charge >= 0.3 is 0 Å². The van der Waals surface area contributed by atoms with E-state index in [1.807, 2.05) is 6.07 Å². The number of halogens is 2. The maximum Gasteiger partial charge on any atom is 0.0424 e. The van der Waals surface area contributed by atoms with Gasteiger partial charge in [0, 0.05) is 16.1 Å². The topological polar surface area (TPSA) is 12.0 Å². The third kappa shape index (κ3) is 3.90. The molecule has 1 aromatic rings. The first kappa shape index (κ1) is 16.1. The molecular formula is C17H25Cl2N. The third-order valence-corrected chi connectivity index (χ3v) is 5.02. The molecule has 0 spiro atoms. The van der Waals surface area contributed by atoms with Crippen LogP contribution in [0, 0.1) is 11.8 Å². The highest BCUT2D eigenvalue weighted by atomic mass is 35.5. The first-order valence-electron chi connectivity index (χ1n) is 7.85. The van der Waals surface area contributed by atoms with Crippen LogP contribution in [0.1, 0.15) is 57.6 Å². The van der Waals surface area contributed by atoms with E-state index in [9.17, 15) is 0 Å². The van der Waals surface area contributed by atoms with Crippen LogP contribution in [0.3, 0.4) is 0 Å². The van der Waals surface area contributed by atoms with Crippen LogP contribution in [0.4, 0.5) is 0 Å². The number of rotatable bonds is 5. The molecule has 0 bridgehead atoms. The Balaban J connectivity index is 2.28. The monoisotopic (exact) mass is 313 g/mol. The van der Waals surface area contributed by atoms with E-state index in [2.05, 4.69) is 31.3 Å². The molecule has 0 saturated heterocycles. The molecule has 3 atom stereocenters. The molecule has 0 aliphatic heterocycles. The van der Waals surface area contributed by atoms with E-state index in [4.69, 9.17) is 23.2 Å². The average Bonchev–Trinajstić information content (AvgIpc) is 2.43. The maximum absolute atomic E-state index is 6.19. The second-order valence-corrected chi connectivity index (χ2v) is 6.73. The molecule has 0 heterocycles. The molecule has 1 saturated carbocycles. The third-order valence-electron chi connectivity index (χ3n) is 4.59. The first-order valence-corrected chi connectivity index (χ1v) is 8.60. The van der Waals surface area contributed by atoms with E-state index in [1.165, 1.54) is 37.7 Å². The van der Waals surface area contributed by atoms with Gasteiger partial charge in [-0.25, -0.2) is 0 Å². The van der Waals surface area contributed by atoms with Gasteiger partial charge in [-0.2, -0.15) is 0 Å². The number of benzene rings is 1. The fourth-order valence-electron chi connectivity index (χ4n) is 3.67. The van der Waals surface area contributed by atoms with Gasteiger partial charge in [0.15, 0.2) is 0 Å². The largest absolute Gasteiger partial charge is 0.310 e. The van der Waals surface area contributed by atoms with Crippen LogP contribution in [0.15, 0.2) is 18.2 Å². The summed E-state index contributed by atoms with van der Waals surface area (Å²) in [4.78, 5) is 0. The number of hydrogen-bond donors (Lipinski definition) is 1. The lowest BCUT2D eigenvalue weighted by Crippen LogP contribution is -2.34. The molecule has 0 radical (unpaired) electrons. The summed E-state index contributed by atoms with van der Waals surface area (Å²) in [6.07, 6.45) is 6.65. The highest BCUT2D eigenvalue weighted by Gasteiger charge is 2.31. The molecule has 1 aliphatic carbocycles. The van der Waals surface area contributed by atoms with Crippen molar-refractivity contribution in [2.45, 2.75) is 52.0 Å². The smallest absolute Gasteiger partial charge is 0.0424 e. The zero-order valence-electron chi connectivity index (χ0n) is 12.5. The standard InChI is InChI=1S/C17H25Cl2N/c1-3-12-7-5-6-8-16(12)17(20-4-2)13-9-14(18)11-15(19)10-13/h9-12,16-17,20H,3-8H2,1-2H3. The van der Waals surface area contributed by atoms with Gasteiger partial charge in [-0.05, 0) is 48.6 Å². The quantitative estimate of drug-likeness (QED) is 0.717. The molecule has 3 heteroatoms. The van der Waals surface area contributed by atoms with Crippen LogP contribution < -0.4 is 5.32 Å². The van der Waals surface area contributed by atoms with Crippen LogP contribution >= 0.6 is 23.2 Å². The van der Waals surface area contributed by atoms with Gasteiger partial charge in [0.2, 0.25) is 0 Å². The normalized spacial score (nSPS) is 24.6. The van der Waals surface area contributed by atoms with Crippen molar-refractivity contribution in [2.75, 3.05) is 6.54 Å². The number of hydrogen-bond acceptors (Lipinski definition) is 1. The highest BCUT2D eigenvalue weighted by Crippen LogP contribution is 2.41. The second kappa shape index (κ2) is 7.68. The van der Waals surface area contributed by atoms with Gasteiger partial charge in [0.05, 0.1) is 0 Å². The summed E-state index contributed by atoms with van der Waals surface area (Å²) >= 11 is 12.4. The van der Waals surface area contributed by atoms with Crippen molar-refractivity contribution in [1.82, 2.24) is 5.32 Å². The zero-order valence-corrected chi connectivity index (χ0v) is 14.0. The Bertz CT molecular complexity index is 413. The maximum atomic E-state index is 6.19. The highest BCUT2D eigenvalue weighted by molar-refractivity contribution is 6.34. The summed E-state index contributed by atoms with van der Waals surface area (Å²) in [5, 5.41) is 5.14. The van der Waals surface area contributed by atoms with E-state index in [1.54, 1.807) is 0 Å². The van der Waals surface area contributed by atoms with Crippen LogP contribution in [0.2, 0.25) is 10.0 Å². The Morgan fingerprint density at radius 2 is 1.75 bits per heavy atom. The number of nitrogens with one attached hydrogen (secondary N) is 1. The van der Waals surface area contributed by atoms with E-state index in [0.717, 1.165) is 22.5 Å². The van der Waals surface area contributed by atoms with Gasteiger partial charge in [-0.1, -0.05) is 62.7 Å². The van der Waals surface area contributed by atoms with E-state index in [0.29, 0.717) is 12.0 Å². The Kier molecular flexibility index (Phi) is 6.20. The Morgan fingerprint density at radius 3 is 2.35 bits per heavy atom. The summed E-state index contributed by atoms with van der Waals surface area (Å²) in [5.41, 5.74) is 1.25. The average molecular weight is 314 g/mol. The second-order valence-electron chi connectivity index (χ2n) is 5.85. The molecule has 20 heavy (non-hydrogen) atoms. The minimum Gasteiger partial charge on any atom is -0.310 e.